The van der Waals surface area contributed by atoms with Crippen molar-refractivity contribution in [3.63, 3.8) is 0 Å². The third-order valence-corrected chi connectivity index (χ3v) is 3.96. The molecule has 2 heteroatoms. The Labute approximate surface area is 140 Å². The molecule has 2 rings (SSSR count). The molecule has 0 aromatic heterocycles. The first-order valence-corrected chi connectivity index (χ1v) is 8.48. The first kappa shape index (κ1) is 17.6. The van der Waals surface area contributed by atoms with E-state index in [1.165, 1.54) is 22.3 Å². The predicted octanol–water partition coefficient (Wildman–Crippen LogP) is 4.62. The number of ether oxygens (including phenoxy) is 1. The summed E-state index contributed by atoms with van der Waals surface area (Å²) in [6, 6.07) is 15.1. The van der Waals surface area contributed by atoms with Crippen LogP contribution in [0.3, 0.4) is 0 Å². The summed E-state index contributed by atoms with van der Waals surface area (Å²) in [4.78, 5) is 0. The first-order chi connectivity index (χ1) is 11.0. The largest absolute Gasteiger partial charge is 0.493 e. The molecule has 0 saturated carbocycles. The molecule has 1 atom stereocenters. The summed E-state index contributed by atoms with van der Waals surface area (Å²) >= 11 is 0. The molecule has 0 aliphatic carbocycles. The van der Waals surface area contributed by atoms with Gasteiger partial charge in [-0.3, -0.25) is 0 Å². The Morgan fingerprint density at radius 3 is 2.30 bits per heavy atom. The molecule has 1 unspecified atom stereocenters. The standard InChI is InChI=1S/C21H29NO/c1-15(2)14-23-21-7-5-6-18(12-21)11-20(13-22)19-9-16(3)8-17(4)10-19/h5-10,12,15,20H,11,13-14,22H2,1-4H3. The maximum absolute atomic E-state index is 6.06. The van der Waals surface area contributed by atoms with Gasteiger partial charge in [0.25, 0.3) is 0 Å². The second-order valence-electron chi connectivity index (χ2n) is 6.91. The normalized spacial score (nSPS) is 12.4. The van der Waals surface area contributed by atoms with Crippen molar-refractivity contribution in [2.24, 2.45) is 11.7 Å². The van der Waals surface area contributed by atoms with Crippen molar-refractivity contribution in [2.75, 3.05) is 13.2 Å². The topological polar surface area (TPSA) is 35.2 Å². The molecule has 0 heterocycles. The van der Waals surface area contributed by atoms with Gasteiger partial charge in [0.05, 0.1) is 6.61 Å². The van der Waals surface area contributed by atoms with Crippen molar-refractivity contribution < 1.29 is 4.74 Å². The summed E-state index contributed by atoms with van der Waals surface area (Å²) in [7, 11) is 0. The summed E-state index contributed by atoms with van der Waals surface area (Å²) in [5.74, 6) is 1.83. The van der Waals surface area contributed by atoms with Crippen LogP contribution in [0.15, 0.2) is 42.5 Å². The van der Waals surface area contributed by atoms with Gasteiger partial charge in [-0.05, 0) is 56.0 Å². The average Bonchev–Trinajstić information content (AvgIpc) is 2.50. The molecule has 0 bridgehead atoms. The van der Waals surface area contributed by atoms with Gasteiger partial charge in [-0.25, -0.2) is 0 Å². The number of benzene rings is 2. The Morgan fingerprint density at radius 1 is 1.00 bits per heavy atom. The van der Waals surface area contributed by atoms with Crippen LogP contribution in [-0.4, -0.2) is 13.2 Å². The summed E-state index contributed by atoms with van der Waals surface area (Å²) in [5, 5.41) is 0. The molecule has 0 saturated heterocycles. The molecule has 0 radical (unpaired) electrons. The fraction of sp³-hybridized carbons (Fsp3) is 0.429. The third kappa shape index (κ3) is 5.40. The van der Waals surface area contributed by atoms with E-state index in [-0.39, 0.29) is 0 Å². The smallest absolute Gasteiger partial charge is 0.119 e. The molecule has 0 aliphatic heterocycles. The van der Waals surface area contributed by atoms with Crippen molar-refractivity contribution in [1.29, 1.82) is 0 Å². The van der Waals surface area contributed by atoms with Gasteiger partial charge in [0.15, 0.2) is 0 Å². The lowest BCUT2D eigenvalue weighted by Gasteiger charge is -2.18. The van der Waals surface area contributed by atoms with Gasteiger partial charge >= 0.3 is 0 Å². The van der Waals surface area contributed by atoms with Crippen LogP contribution >= 0.6 is 0 Å². The molecular weight excluding hydrogens is 282 g/mol. The van der Waals surface area contributed by atoms with Gasteiger partial charge in [-0.1, -0.05) is 55.3 Å². The maximum atomic E-state index is 6.06. The van der Waals surface area contributed by atoms with Crippen LogP contribution in [0.5, 0.6) is 5.75 Å². The maximum Gasteiger partial charge on any atom is 0.119 e. The lowest BCUT2D eigenvalue weighted by Crippen LogP contribution is -2.15. The second-order valence-corrected chi connectivity index (χ2v) is 6.91. The Kier molecular flexibility index (Phi) is 6.23. The number of rotatable bonds is 7. The highest BCUT2D eigenvalue weighted by Gasteiger charge is 2.12. The van der Waals surface area contributed by atoms with Gasteiger partial charge in [0.1, 0.15) is 5.75 Å². The second kappa shape index (κ2) is 8.16. The van der Waals surface area contributed by atoms with E-state index in [4.69, 9.17) is 10.5 Å². The van der Waals surface area contributed by atoms with E-state index in [9.17, 15) is 0 Å². The zero-order valence-electron chi connectivity index (χ0n) is 14.8. The highest BCUT2D eigenvalue weighted by Crippen LogP contribution is 2.24. The van der Waals surface area contributed by atoms with E-state index in [0.717, 1.165) is 18.8 Å². The molecule has 0 amide bonds. The summed E-state index contributed by atoms with van der Waals surface area (Å²) in [6.07, 6.45) is 0.943. The Bertz CT molecular complexity index is 613. The predicted molar refractivity (Wildman–Crippen MR) is 98.2 cm³/mol. The fourth-order valence-corrected chi connectivity index (χ4v) is 2.89. The molecular formula is C21H29NO. The monoisotopic (exact) mass is 311 g/mol. The minimum Gasteiger partial charge on any atom is -0.493 e. The number of hydrogen-bond acceptors (Lipinski definition) is 2. The number of hydrogen-bond donors (Lipinski definition) is 1. The Balaban J connectivity index is 2.13. The van der Waals surface area contributed by atoms with E-state index in [0.29, 0.717) is 18.4 Å². The van der Waals surface area contributed by atoms with Gasteiger partial charge in [0, 0.05) is 5.92 Å². The van der Waals surface area contributed by atoms with Crippen molar-refractivity contribution in [1.82, 2.24) is 0 Å². The zero-order valence-corrected chi connectivity index (χ0v) is 14.8. The van der Waals surface area contributed by atoms with Crippen molar-refractivity contribution in [3.8, 4) is 5.75 Å². The lowest BCUT2D eigenvalue weighted by atomic mass is 9.90. The molecule has 2 aromatic rings. The molecule has 2 N–H and O–H groups in total. The first-order valence-electron chi connectivity index (χ1n) is 8.48. The highest BCUT2D eigenvalue weighted by molar-refractivity contribution is 5.34. The van der Waals surface area contributed by atoms with E-state index >= 15 is 0 Å². The van der Waals surface area contributed by atoms with Crippen molar-refractivity contribution in [3.05, 3.63) is 64.7 Å². The summed E-state index contributed by atoms with van der Waals surface area (Å²) in [5.41, 5.74) is 11.3. The van der Waals surface area contributed by atoms with Crippen LogP contribution in [-0.2, 0) is 6.42 Å². The van der Waals surface area contributed by atoms with Crippen LogP contribution in [0, 0.1) is 19.8 Å². The number of nitrogens with two attached hydrogens (primary N) is 1. The quantitative estimate of drug-likeness (QED) is 0.809. The zero-order chi connectivity index (χ0) is 16.8. The summed E-state index contributed by atoms with van der Waals surface area (Å²) < 4.78 is 5.84. The minimum atomic E-state index is 0.342. The van der Waals surface area contributed by atoms with Gasteiger partial charge < -0.3 is 10.5 Å². The van der Waals surface area contributed by atoms with E-state index in [2.05, 4.69) is 64.1 Å². The van der Waals surface area contributed by atoms with E-state index in [1.807, 2.05) is 6.07 Å². The van der Waals surface area contributed by atoms with Gasteiger partial charge in [-0.2, -0.15) is 0 Å². The SMILES string of the molecule is Cc1cc(C)cc(C(CN)Cc2cccc(OCC(C)C)c2)c1. The Morgan fingerprint density at radius 2 is 1.70 bits per heavy atom. The number of aryl methyl sites for hydroxylation is 2. The van der Waals surface area contributed by atoms with Crippen molar-refractivity contribution >= 4 is 0 Å². The molecule has 124 valence electrons. The Hall–Kier alpha value is -1.80. The van der Waals surface area contributed by atoms with Gasteiger partial charge in [0.2, 0.25) is 0 Å². The highest BCUT2D eigenvalue weighted by atomic mass is 16.5. The molecule has 2 aromatic carbocycles. The van der Waals surface area contributed by atoms with Crippen LogP contribution < -0.4 is 10.5 Å². The van der Waals surface area contributed by atoms with Crippen LogP contribution in [0.1, 0.15) is 42.0 Å². The minimum absolute atomic E-state index is 0.342. The molecule has 0 aliphatic rings. The van der Waals surface area contributed by atoms with Crippen molar-refractivity contribution in [2.45, 2.75) is 40.0 Å². The molecule has 0 fully saturated rings. The third-order valence-electron chi connectivity index (χ3n) is 3.96. The summed E-state index contributed by atoms with van der Waals surface area (Å²) in [6.45, 7) is 10.0. The van der Waals surface area contributed by atoms with E-state index < -0.39 is 0 Å². The van der Waals surface area contributed by atoms with Crippen LogP contribution in [0.25, 0.3) is 0 Å². The van der Waals surface area contributed by atoms with Gasteiger partial charge in [-0.15, -0.1) is 0 Å². The van der Waals surface area contributed by atoms with Crippen LogP contribution in [0.4, 0.5) is 0 Å². The lowest BCUT2D eigenvalue weighted by molar-refractivity contribution is 0.271. The average molecular weight is 311 g/mol. The molecule has 2 nitrogen and oxygen atoms in total. The van der Waals surface area contributed by atoms with E-state index in [1.54, 1.807) is 0 Å². The molecule has 0 spiro atoms. The fourth-order valence-electron chi connectivity index (χ4n) is 2.89. The molecule has 23 heavy (non-hydrogen) atoms. The van der Waals surface area contributed by atoms with Crippen LogP contribution in [0.2, 0.25) is 0 Å².